The maximum Gasteiger partial charge on any atom is 0.313 e. The maximum absolute atomic E-state index is 12.4. The predicted octanol–water partition coefficient (Wildman–Crippen LogP) is 4.06. The van der Waals surface area contributed by atoms with Crippen molar-refractivity contribution >= 4 is 17.5 Å². The fourth-order valence-electron chi connectivity index (χ4n) is 4.58. The van der Waals surface area contributed by atoms with Crippen LogP contribution in [-0.4, -0.2) is 30.2 Å². The van der Waals surface area contributed by atoms with Crippen LogP contribution >= 0.6 is 0 Å². The Bertz CT molecular complexity index is 714. The number of esters is 1. The average Bonchev–Trinajstić information content (AvgIpc) is 3.20. The van der Waals surface area contributed by atoms with Crippen LogP contribution in [0.2, 0.25) is 0 Å². The van der Waals surface area contributed by atoms with E-state index in [1.54, 1.807) is 13.2 Å². The number of ether oxygens (including phenoxy) is 2. The Hall–Kier alpha value is -2.17. The van der Waals surface area contributed by atoms with Crippen molar-refractivity contribution in [2.75, 3.05) is 7.11 Å². The van der Waals surface area contributed by atoms with Crippen LogP contribution in [-0.2, 0) is 20.7 Å². The van der Waals surface area contributed by atoms with Crippen LogP contribution < -0.4 is 4.74 Å². The zero-order chi connectivity index (χ0) is 19.4. The van der Waals surface area contributed by atoms with Crippen molar-refractivity contribution in [2.24, 2.45) is 5.92 Å². The van der Waals surface area contributed by atoms with Crippen LogP contribution in [0.15, 0.2) is 18.2 Å². The number of carbonyl (C=O) groups is 3. The first-order chi connectivity index (χ1) is 13.0. The number of benzene rings is 1. The first kappa shape index (κ1) is 19.6. The second-order valence-electron chi connectivity index (χ2n) is 7.71. The van der Waals surface area contributed by atoms with E-state index in [0.717, 1.165) is 31.2 Å². The Balaban J connectivity index is 1.86. The maximum atomic E-state index is 12.4. The molecule has 1 aliphatic heterocycles. The van der Waals surface area contributed by atoms with E-state index in [-0.39, 0.29) is 23.9 Å². The molecule has 1 saturated heterocycles. The number of aryl methyl sites for hydroxylation is 1. The zero-order valence-corrected chi connectivity index (χ0v) is 16.2. The molecule has 1 unspecified atom stereocenters. The first-order valence-electron chi connectivity index (χ1n) is 9.91. The number of hydrogen-bond donors (Lipinski definition) is 0. The fourth-order valence-corrected chi connectivity index (χ4v) is 4.58. The fraction of sp³-hybridized carbons (Fsp3) is 0.591. The highest BCUT2D eigenvalue weighted by Gasteiger charge is 2.47. The number of ketones is 2. The lowest BCUT2D eigenvalue weighted by molar-refractivity contribution is -0.178. The lowest BCUT2D eigenvalue weighted by atomic mass is 9.75. The average molecular weight is 372 g/mol. The van der Waals surface area contributed by atoms with Gasteiger partial charge in [-0.2, -0.15) is 0 Å². The number of methoxy groups -OCH3 is 1. The van der Waals surface area contributed by atoms with Gasteiger partial charge in [0.1, 0.15) is 23.6 Å². The third-order valence-electron chi connectivity index (χ3n) is 6.01. The minimum Gasteiger partial charge on any atom is -0.497 e. The van der Waals surface area contributed by atoms with E-state index in [1.807, 2.05) is 19.1 Å². The molecule has 5 nitrogen and oxygen atoms in total. The summed E-state index contributed by atoms with van der Waals surface area (Å²) in [5, 5.41) is 0. The van der Waals surface area contributed by atoms with Gasteiger partial charge in [0.05, 0.1) is 7.11 Å². The van der Waals surface area contributed by atoms with Gasteiger partial charge in [-0.3, -0.25) is 14.4 Å². The molecule has 3 rings (SSSR count). The second kappa shape index (κ2) is 8.24. The first-order valence-corrected chi connectivity index (χ1v) is 9.91. The molecule has 5 heteroatoms. The Labute approximate surface area is 160 Å². The molecule has 0 aromatic heterocycles. The van der Waals surface area contributed by atoms with Gasteiger partial charge in [0.15, 0.2) is 5.78 Å². The van der Waals surface area contributed by atoms with Gasteiger partial charge in [-0.25, -0.2) is 0 Å². The second-order valence-corrected chi connectivity index (χ2v) is 7.71. The normalized spacial score (nSPS) is 23.3. The molecule has 0 amide bonds. The lowest BCUT2D eigenvalue weighted by Gasteiger charge is -2.41. The molecule has 2 aliphatic rings. The van der Waals surface area contributed by atoms with Crippen molar-refractivity contribution in [1.82, 2.24) is 0 Å². The third kappa shape index (κ3) is 4.23. The molecule has 0 N–H and O–H groups in total. The number of carbonyl (C=O) groups excluding carboxylic acids is 3. The van der Waals surface area contributed by atoms with E-state index in [4.69, 9.17) is 9.47 Å². The van der Waals surface area contributed by atoms with E-state index >= 15 is 0 Å². The van der Waals surface area contributed by atoms with Gasteiger partial charge < -0.3 is 9.47 Å². The lowest BCUT2D eigenvalue weighted by Crippen LogP contribution is -2.48. The smallest absolute Gasteiger partial charge is 0.313 e. The summed E-state index contributed by atoms with van der Waals surface area (Å²) in [6.07, 6.45) is 5.98. The van der Waals surface area contributed by atoms with Crippen LogP contribution in [0, 0.1) is 5.92 Å². The SMILES string of the molecule is CCC(=O)c1cc(OC)ccc1CCC1(C2CCCC2)CC(=O)CC(=O)O1. The topological polar surface area (TPSA) is 69.7 Å². The Morgan fingerprint density at radius 3 is 2.63 bits per heavy atom. The van der Waals surface area contributed by atoms with Crippen molar-refractivity contribution in [3.05, 3.63) is 29.3 Å². The van der Waals surface area contributed by atoms with Crippen LogP contribution in [0.4, 0.5) is 0 Å². The van der Waals surface area contributed by atoms with Gasteiger partial charge in [0.25, 0.3) is 0 Å². The van der Waals surface area contributed by atoms with Crippen molar-refractivity contribution in [3.63, 3.8) is 0 Å². The largest absolute Gasteiger partial charge is 0.497 e. The highest BCUT2D eigenvalue weighted by Crippen LogP contribution is 2.44. The number of Topliss-reactive ketones (excluding diaryl/α,β-unsaturated/α-hetero) is 2. The molecular formula is C22H28O5. The number of cyclic esters (lactones) is 1. The van der Waals surface area contributed by atoms with Gasteiger partial charge in [-0.15, -0.1) is 0 Å². The standard InChI is InChI=1S/C22H28O5/c1-3-20(24)19-13-18(26-2)9-8-15(19)10-11-22(16-6-4-5-7-16)14-17(23)12-21(25)27-22/h8-9,13,16H,3-7,10-12,14H2,1-2H3. The van der Waals surface area contributed by atoms with E-state index < -0.39 is 11.6 Å². The van der Waals surface area contributed by atoms with Crippen LogP contribution in [0.25, 0.3) is 0 Å². The Kier molecular flexibility index (Phi) is 5.98. The summed E-state index contributed by atoms with van der Waals surface area (Å²) in [5.74, 6) is 0.514. The van der Waals surface area contributed by atoms with E-state index in [2.05, 4.69) is 0 Å². The third-order valence-corrected chi connectivity index (χ3v) is 6.01. The predicted molar refractivity (Wildman–Crippen MR) is 101 cm³/mol. The van der Waals surface area contributed by atoms with Gasteiger partial charge in [0.2, 0.25) is 0 Å². The summed E-state index contributed by atoms with van der Waals surface area (Å²) in [6, 6.07) is 5.54. The molecule has 1 atom stereocenters. The van der Waals surface area contributed by atoms with Crippen molar-refractivity contribution in [2.45, 2.75) is 70.3 Å². The number of rotatable bonds is 7. The molecule has 1 saturated carbocycles. The van der Waals surface area contributed by atoms with Crippen LogP contribution in [0.5, 0.6) is 5.75 Å². The van der Waals surface area contributed by atoms with Gasteiger partial charge in [-0.1, -0.05) is 25.8 Å². The summed E-state index contributed by atoms with van der Waals surface area (Å²) in [7, 11) is 1.58. The summed E-state index contributed by atoms with van der Waals surface area (Å²) >= 11 is 0. The Morgan fingerprint density at radius 2 is 2.00 bits per heavy atom. The van der Waals surface area contributed by atoms with Crippen LogP contribution in [0.1, 0.15) is 74.2 Å². The van der Waals surface area contributed by atoms with E-state index in [1.165, 1.54) is 0 Å². The molecule has 146 valence electrons. The van der Waals surface area contributed by atoms with Crippen molar-refractivity contribution < 1.29 is 23.9 Å². The molecule has 1 aromatic carbocycles. The zero-order valence-electron chi connectivity index (χ0n) is 16.2. The Morgan fingerprint density at radius 1 is 1.26 bits per heavy atom. The molecule has 0 radical (unpaired) electrons. The van der Waals surface area contributed by atoms with E-state index in [0.29, 0.717) is 37.0 Å². The summed E-state index contributed by atoms with van der Waals surface area (Å²) < 4.78 is 11.1. The quantitative estimate of drug-likeness (QED) is 0.410. The van der Waals surface area contributed by atoms with E-state index in [9.17, 15) is 14.4 Å². The molecule has 1 aliphatic carbocycles. The molecule has 2 fully saturated rings. The van der Waals surface area contributed by atoms with Crippen LogP contribution in [0.3, 0.4) is 0 Å². The van der Waals surface area contributed by atoms with Gasteiger partial charge in [-0.05, 0) is 49.3 Å². The van der Waals surface area contributed by atoms with Gasteiger partial charge >= 0.3 is 5.97 Å². The van der Waals surface area contributed by atoms with Crippen molar-refractivity contribution in [3.8, 4) is 5.75 Å². The summed E-state index contributed by atoms with van der Waals surface area (Å²) in [4.78, 5) is 36.6. The number of hydrogen-bond acceptors (Lipinski definition) is 5. The summed E-state index contributed by atoms with van der Waals surface area (Å²) in [6.45, 7) is 1.84. The molecule has 0 bridgehead atoms. The molecule has 27 heavy (non-hydrogen) atoms. The molecular weight excluding hydrogens is 344 g/mol. The minimum atomic E-state index is -0.713. The monoisotopic (exact) mass is 372 g/mol. The highest BCUT2D eigenvalue weighted by molar-refractivity contribution is 5.98. The molecule has 1 heterocycles. The minimum absolute atomic E-state index is 0.0299. The van der Waals surface area contributed by atoms with Crippen molar-refractivity contribution in [1.29, 1.82) is 0 Å². The molecule has 1 aromatic rings. The highest BCUT2D eigenvalue weighted by atomic mass is 16.6. The molecule has 0 spiro atoms. The summed E-state index contributed by atoms with van der Waals surface area (Å²) in [5.41, 5.74) is 0.871. The van der Waals surface area contributed by atoms with Gasteiger partial charge in [0, 0.05) is 18.4 Å².